The first-order valence-electron chi connectivity index (χ1n) is 5.60. The molecule has 98 valence electrons. The van der Waals surface area contributed by atoms with E-state index in [4.69, 9.17) is 17.3 Å². The Balaban J connectivity index is 2.31. The van der Waals surface area contributed by atoms with Crippen molar-refractivity contribution < 1.29 is 4.79 Å². The Morgan fingerprint density at radius 3 is 2.68 bits per heavy atom. The molecule has 1 amide bonds. The fourth-order valence-corrected chi connectivity index (χ4v) is 2.50. The standard InChI is InChI=1S/C14H12BrClN2O/c1-8-3-2-4-11(17)13(8)14(19)18-12-6-5-9(15)7-10(12)16/h2-7H,17H2,1H3,(H,18,19). The molecule has 3 nitrogen and oxygen atoms in total. The zero-order valence-electron chi connectivity index (χ0n) is 10.2. The maximum absolute atomic E-state index is 12.2. The zero-order valence-corrected chi connectivity index (χ0v) is 12.5. The summed E-state index contributed by atoms with van der Waals surface area (Å²) in [6.07, 6.45) is 0. The quantitative estimate of drug-likeness (QED) is 0.804. The minimum absolute atomic E-state index is 0.264. The van der Waals surface area contributed by atoms with Crippen LogP contribution in [0.2, 0.25) is 5.02 Å². The summed E-state index contributed by atoms with van der Waals surface area (Å²) in [5.74, 6) is -0.264. The summed E-state index contributed by atoms with van der Waals surface area (Å²) >= 11 is 9.38. The Kier molecular flexibility index (Phi) is 4.12. The van der Waals surface area contributed by atoms with Gasteiger partial charge in [0.15, 0.2) is 0 Å². The van der Waals surface area contributed by atoms with Crippen LogP contribution in [0.4, 0.5) is 11.4 Å². The number of benzene rings is 2. The van der Waals surface area contributed by atoms with Gasteiger partial charge >= 0.3 is 0 Å². The van der Waals surface area contributed by atoms with Crippen molar-refractivity contribution in [1.82, 2.24) is 0 Å². The van der Waals surface area contributed by atoms with Gasteiger partial charge in [0.2, 0.25) is 0 Å². The molecule has 3 N–H and O–H groups in total. The molecular weight excluding hydrogens is 328 g/mol. The number of rotatable bonds is 2. The largest absolute Gasteiger partial charge is 0.398 e. The van der Waals surface area contributed by atoms with Gasteiger partial charge in [-0.15, -0.1) is 0 Å². The second kappa shape index (κ2) is 5.63. The number of aryl methyl sites for hydroxylation is 1. The zero-order chi connectivity index (χ0) is 14.0. The summed E-state index contributed by atoms with van der Waals surface area (Å²) < 4.78 is 0.853. The number of anilines is 2. The SMILES string of the molecule is Cc1cccc(N)c1C(=O)Nc1ccc(Br)cc1Cl. The van der Waals surface area contributed by atoms with Crippen LogP contribution in [0.25, 0.3) is 0 Å². The second-order valence-electron chi connectivity index (χ2n) is 4.12. The van der Waals surface area contributed by atoms with Gasteiger partial charge in [-0.2, -0.15) is 0 Å². The van der Waals surface area contributed by atoms with Gasteiger partial charge in [-0.1, -0.05) is 39.7 Å². The van der Waals surface area contributed by atoms with E-state index in [0.717, 1.165) is 10.0 Å². The Bertz CT molecular complexity index is 623. The molecule has 0 atom stereocenters. The summed E-state index contributed by atoms with van der Waals surface area (Å²) in [5.41, 5.74) is 8.14. The topological polar surface area (TPSA) is 55.1 Å². The predicted molar refractivity (Wildman–Crippen MR) is 82.7 cm³/mol. The van der Waals surface area contributed by atoms with Crippen LogP contribution >= 0.6 is 27.5 Å². The van der Waals surface area contributed by atoms with Crippen molar-refractivity contribution in [2.24, 2.45) is 0 Å². The van der Waals surface area contributed by atoms with Crippen molar-refractivity contribution in [2.75, 3.05) is 11.1 Å². The highest BCUT2D eigenvalue weighted by molar-refractivity contribution is 9.10. The van der Waals surface area contributed by atoms with Crippen molar-refractivity contribution in [1.29, 1.82) is 0 Å². The second-order valence-corrected chi connectivity index (χ2v) is 5.44. The smallest absolute Gasteiger partial charge is 0.258 e. The van der Waals surface area contributed by atoms with Crippen LogP contribution in [-0.4, -0.2) is 5.91 Å². The van der Waals surface area contributed by atoms with E-state index in [-0.39, 0.29) is 5.91 Å². The van der Waals surface area contributed by atoms with E-state index in [0.29, 0.717) is 22.0 Å². The molecule has 2 aromatic carbocycles. The van der Waals surface area contributed by atoms with Crippen LogP contribution in [0, 0.1) is 6.92 Å². The molecule has 0 fully saturated rings. The first-order chi connectivity index (χ1) is 8.99. The molecule has 0 saturated heterocycles. The van der Waals surface area contributed by atoms with Gasteiger partial charge in [0.05, 0.1) is 16.3 Å². The molecule has 0 aliphatic heterocycles. The molecule has 0 aromatic heterocycles. The maximum Gasteiger partial charge on any atom is 0.258 e. The fraction of sp³-hybridized carbons (Fsp3) is 0.0714. The molecule has 19 heavy (non-hydrogen) atoms. The minimum atomic E-state index is -0.264. The third-order valence-electron chi connectivity index (χ3n) is 2.71. The highest BCUT2D eigenvalue weighted by Gasteiger charge is 2.14. The van der Waals surface area contributed by atoms with Crippen LogP contribution in [0.15, 0.2) is 40.9 Å². The van der Waals surface area contributed by atoms with Crippen LogP contribution in [-0.2, 0) is 0 Å². The lowest BCUT2D eigenvalue weighted by Crippen LogP contribution is -2.15. The molecule has 2 rings (SSSR count). The van der Waals surface area contributed by atoms with Gasteiger partial charge in [0.1, 0.15) is 0 Å². The van der Waals surface area contributed by atoms with Crippen LogP contribution < -0.4 is 11.1 Å². The summed E-state index contributed by atoms with van der Waals surface area (Å²) in [6, 6.07) is 10.6. The van der Waals surface area contributed by atoms with Gasteiger partial charge in [0, 0.05) is 10.2 Å². The maximum atomic E-state index is 12.2. The van der Waals surface area contributed by atoms with Gasteiger partial charge in [0.25, 0.3) is 5.91 Å². The molecule has 0 aliphatic rings. The van der Waals surface area contributed by atoms with E-state index in [2.05, 4.69) is 21.2 Å². The fourth-order valence-electron chi connectivity index (χ4n) is 1.78. The first kappa shape index (κ1) is 13.9. The molecule has 0 bridgehead atoms. The Morgan fingerprint density at radius 1 is 1.32 bits per heavy atom. The number of carbonyl (C=O) groups excluding carboxylic acids is 1. The van der Waals surface area contributed by atoms with Crippen molar-refractivity contribution in [3.63, 3.8) is 0 Å². The van der Waals surface area contributed by atoms with Gasteiger partial charge in [-0.25, -0.2) is 0 Å². The van der Waals surface area contributed by atoms with Gasteiger partial charge < -0.3 is 11.1 Å². The lowest BCUT2D eigenvalue weighted by molar-refractivity contribution is 0.102. The molecule has 0 heterocycles. The number of amides is 1. The van der Waals surface area contributed by atoms with E-state index in [9.17, 15) is 4.79 Å². The van der Waals surface area contributed by atoms with Crippen LogP contribution in [0.5, 0.6) is 0 Å². The summed E-state index contributed by atoms with van der Waals surface area (Å²) in [4.78, 5) is 12.2. The lowest BCUT2D eigenvalue weighted by Gasteiger charge is -2.11. The van der Waals surface area contributed by atoms with Crippen molar-refractivity contribution in [3.05, 3.63) is 57.0 Å². The molecule has 5 heteroatoms. The average Bonchev–Trinajstić information content (AvgIpc) is 2.32. The van der Waals surface area contributed by atoms with Gasteiger partial charge in [-0.3, -0.25) is 4.79 Å². The molecule has 0 saturated carbocycles. The molecule has 0 aliphatic carbocycles. The molecule has 0 spiro atoms. The van der Waals surface area contributed by atoms with Crippen molar-refractivity contribution in [2.45, 2.75) is 6.92 Å². The minimum Gasteiger partial charge on any atom is -0.398 e. The normalized spacial score (nSPS) is 10.3. The molecule has 0 radical (unpaired) electrons. The number of nitrogens with one attached hydrogen (secondary N) is 1. The van der Waals surface area contributed by atoms with E-state index in [1.807, 2.05) is 25.1 Å². The van der Waals surface area contributed by atoms with Crippen LogP contribution in [0.3, 0.4) is 0 Å². The lowest BCUT2D eigenvalue weighted by atomic mass is 10.1. The van der Waals surface area contributed by atoms with E-state index < -0.39 is 0 Å². The third kappa shape index (κ3) is 3.08. The molecule has 0 unspecified atom stereocenters. The average molecular weight is 340 g/mol. The van der Waals surface area contributed by atoms with E-state index in [1.54, 1.807) is 18.2 Å². The summed E-state index contributed by atoms with van der Waals surface area (Å²) in [6.45, 7) is 1.84. The molecular formula is C14H12BrClN2O. The number of hydrogen-bond acceptors (Lipinski definition) is 2. The number of carbonyl (C=O) groups is 1. The highest BCUT2D eigenvalue weighted by Crippen LogP contribution is 2.27. The number of hydrogen-bond donors (Lipinski definition) is 2. The van der Waals surface area contributed by atoms with Crippen molar-refractivity contribution in [3.8, 4) is 0 Å². The first-order valence-corrected chi connectivity index (χ1v) is 6.77. The molecule has 2 aromatic rings. The van der Waals surface area contributed by atoms with Gasteiger partial charge in [-0.05, 0) is 36.8 Å². The van der Waals surface area contributed by atoms with E-state index >= 15 is 0 Å². The Hall–Kier alpha value is -1.52. The third-order valence-corrected chi connectivity index (χ3v) is 3.52. The Morgan fingerprint density at radius 2 is 2.05 bits per heavy atom. The number of nitrogens with two attached hydrogens (primary N) is 1. The number of nitrogen functional groups attached to an aromatic ring is 1. The summed E-state index contributed by atoms with van der Waals surface area (Å²) in [7, 11) is 0. The van der Waals surface area contributed by atoms with Crippen molar-refractivity contribution >= 4 is 44.8 Å². The number of halogens is 2. The van der Waals surface area contributed by atoms with Crippen LogP contribution in [0.1, 0.15) is 15.9 Å². The van der Waals surface area contributed by atoms with E-state index in [1.165, 1.54) is 0 Å². The monoisotopic (exact) mass is 338 g/mol. The summed E-state index contributed by atoms with van der Waals surface area (Å²) in [5, 5.41) is 3.23. The predicted octanol–water partition coefficient (Wildman–Crippen LogP) is 4.25. The Labute approximate surface area is 124 Å². The highest BCUT2D eigenvalue weighted by atomic mass is 79.9.